The molecule has 3 N–H and O–H groups in total. The second kappa shape index (κ2) is 9.96. The normalized spacial score (nSPS) is 11.1. The molecule has 0 aliphatic rings. The number of carboxylic acid groups (broad SMARTS) is 1. The molecule has 0 fully saturated rings. The van der Waals surface area contributed by atoms with E-state index in [2.05, 4.69) is 17.6 Å². The van der Waals surface area contributed by atoms with E-state index in [0.717, 1.165) is 30.5 Å². The standard InChI is InChI=1S/C19H30N2O3/c1-4-5-6-7-11-17(22)20-13-12-15-9-8-10-16(14-15)21-19(2,3)18(23)24/h8-10,14,21H,4-7,11-13H2,1-3H3,(H,20,22)(H,23,24). The molecule has 0 unspecified atom stereocenters. The molecule has 0 saturated carbocycles. The second-order valence-electron chi connectivity index (χ2n) is 6.67. The Morgan fingerprint density at radius 3 is 2.58 bits per heavy atom. The number of aliphatic carboxylic acids is 1. The predicted octanol–water partition coefficient (Wildman–Crippen LogP) is 3.59. The summed E-state index contributed by atoms with van der Waals surface area (Å²) < 4.78 is 0. The summed E-state index contributed by atoms with van der Waals surface area (Å²) in [6, 6.07) is 7.65. The van der Waals surface area contributed by atoms with Gasteiger partial charge in [0.25, 0.3) is 0 Å². The molecular formula is C19H30N2O3. The van der Waals surface area contributed by atoms with Gasteiger partial charge >= 0.3 is 5.97 Å². The van der Waals surface area contributed by atoms with E-state index >= 15 is 0 Å². The van der Waals surface area contributed by atoms with E-state index in [4.69, 9.17) is 5.11 Å². The van der Waals surface area contributed by atoms with Gasteiger partial charge in [0.05, 0.1) is 0 Å². The summed E-state index contributed by atoms with van der Waals surface area (Å²) in [5.74, 6) is -0.796. The average molecular weight is 334 g/mol. The van der Waals surface area contributed by atoms with Gasteiger partial charge in [0.1, 0.15) is 5.54 Å². The van der Waals surface area contributed by atoms with E-state index in [-0.39, 0.29) is 5.91 Å². The van der Waals surface area contributed by atoms with Gasteiger partial charge in [-0.15, -0.1) is 0 Å². The lowest BCUT2D eigenvalue weighted by Gasteiger charge is -2.22. The van der Waals surface area contributed by atoms with Gasteiger partial charge in [-0.25, -0.2) is 4.79 Å². The molecule has 1 rings (SSSR count). The van der Waals surface area contributed by atoms with Gasteiger partial charge in [0.15, 0.2) is 0 Å². The molecule has 0 atom stereocenters. The van der Waals surface area contributed by atoms with Crippen LogP contribution < -0.4 is 10.6 Å². The van der Waals surface area contributed by atoms with Crippen LogP contribution in [-0.2, 0) is 16.0 Å². The Morgan fingerprint density at radius 1 is 1.17 bits per heavy atom. The topological polar surface area (TPSA) is 78.4 Å². The summed E-state index contributed by atoms with van der Waals surface area (Å²) in [6.07, 6.45) is 5.73. The fraction of sp³-hybridized carbons (Fsp3) is 0.579. The molecule has 0 spiro atoms. The monoisotopic (exact) mass is 334 g/mol. The number of carbonyl (C=O) groups excluding carboxylic acids is 1. The zero-order chi connectivity index (χ0) is 18.0. The van der Waals surface area contributed by atoms with Crippen molar-refractivity contribution in [2.75, 3.05) is 11.9 Å². The highest BCUT2D eigenvalue weighted by atomic mass is 16.4. The van der Waals surface area contributed by atoms with Crippen LogP contribution in [0.3, 0.4) is 0 Å². The maximum absolute atomic E-state index is 11.7. The quantitative estimate of drug-likeness (QED) is 0.540. The van der Waals surface area contributed by atoms with Crippen LogP contribution in [0.25, 0.3) is 0 Å². The van der Waals surface area contributed by atoms with E-state index in [0.29, 0.717) is 13.0 Å². The molecule has 1 amide bonds. The van der Waals surface area contributed by atoms with Gasteiger partial charge in [-0.2, -0.15) is 0 Å². The summed E-state index contributed by atoms with van der Waals surface area (Å²) in [5.41, 5.74) is 0.809. The number of carboxylic acids is 1. The Balaban J connectivity index is 2.40. The van der Waals surface area contributed by atoms with E-state index < -0.39 is 11.5 Å². The average Bonchev–Trinajstić information content (AvgIpc) is 2.51. The van der Waals surface area contributed by atoms with Gasteiger partial charge in [-0.3, -0.25) is 4.79 Å². The molecule has 1 aromatic carbocycles. The maximum Gasteiger partial charge on any atom is 0.328 e. The SMILES string of the molecule is CCCCCCC(=O)NCCc1cccc(NC(C)(C)C(=O)O)c1. The largest absolute Gasteiger partial charge is 0.480 e. The van der Waals surface area contributed by atoms with E-state index in [1.54, 1.807) is 13.8 Å². The van der Waals surface area contributed by atoms with Crippen LogP contribution in [0.4, 0.5) is 5.69 Å². The van der Waals surface area contributed by atoms with Crippen LogP contribution in [0.1, 0.15) is 58.4 Å². The fourth-order valence-electron chi connectivity index (χ4n) is 2.37. The molecule has 134 valence electrons. The zero-order valence-electron chi connectivity index (χ0n) is 15.0. The van der Waals surface area contributed by atoms with Crippen molar-refractivity contribution in [3.05, 3.63) is 29.8 Å². The lowest BCUT2D eigenvalue weighted by molar-refractivity contribution is -0.141. The second-order valence-corrected chi connectivity index (χ2v) is 6.67. The number of carbonyl (C=O) groups is 2. The number of hydrogen-bond acceptors (Lipinski definition) is 3. The number of benzene rings is 1. The van der Waals surface area contributed by atoms with Crippen molar-refractivity contribution in [2.45, 2.75) is 64.8 Å². The molecule has 0 saturated heterocycles. The van der Waals surface area contributed by atoms with Gasteiger partial charge < -0.3 is 15.7 Å². The summed E-state index contributed by atoms with van der Waals surface area (Å²) in [7, 11) is 0. The van der Waals surface area contributed by atoms with Gasteiger partial charge in [-0.05, 0) is 44.4 Å². The first-order valence-corrected chi connectivity index (χ1v) is 8.72. The number of hydrogen-bond donors (Lipinski definition) is 3. The van der Waals surface area contributed by atoms with Gasteiger partial charge in [0, 0.05) is 18.7 Å². The summed E-state index contributed by atoms with van der Waals surface area (Å²) in [5, 5.41) is 15.1. The van der Waals surface area contributed by atoms with Crippen molar-refractivity contribution in [1.82, 2.24) is 5.32 Å². The van der Waals surface area contributed by atoms with Gasteiger partial charge in [-0.1, -0.05) is 38.3 Å². The minimum Gasteiger partial charge on any atom is -0.480 e. The van der Waals surface area contributed by atoms with Crippen molar-refractivity contribution in [3.63, 3.8) is 0 Å². The summed E-state index contributed by atoms with van der Waals surface area (Å²) in [6.45, 7) is 6.00. The van der Waals surface area contributed by atoms with E-state index in [1.807, 2.05) is 24.3 Å². The Kier molecular flexibility index (Phi) is 8.30. The Morgan fingerprint density at radius 2 is 1.92 bits per heavy atom. The number of rotatable bonds is 11. The third-order valence-electron chi connectivity index (χ3n) is 3.91. The van der Waals surface area contributed by atoms with Crippen LogP contribution in [-0.4, -0.2) is 29.1 Å². The maximum atomic E-state index is 11.7. The number of amides is 1. The van der Waals surface area contributed by atoms with E-state index in [9.17, 15) is 9.59 Å². The highest BCUT2D eigenvalue weighted by molar-refractivity contribution is 5.81. The Labute approximate surface area is 144 Å². The van der Waals surface area contributed by atoms with Crippen molar-refractivity contribution in [1.29, 1.82) is 0 Å². The van der Waals surface area contributed by atoms with Crippen LogP contribution >= 0.6 is 0 Å². The van der Waals surface area contributed by atoms with Crippen LogP contribution in [0, 0.1) is 0 Å². The number of nitrogens with one attached hydrogen (secondary N) is 2. The minimum absolute atomic E-state index is 0.104. The molecule has 0 radical (unpaired) electrons. The minimum atomic E-state index is -1.02. The third kappa shape index (κ3) is 7.49. The Hall–Kier alpha value is -2.04. The molecule has 24 heavy (non-hydrogen) atoms. The van der Waals surface area contributed by atoms with Crippen LogP contribution in [0.15, 0.2) is 24.3 Å². The number of unbranched alkanes of at least 4 members (excludes halogenated alkanes) is 3. The van der Waals surface area contributed by atoms with Gasteiger partial charge in [0.2, 0.25) is 5.91 Å². The molecule has 0 aliphatic heterocycles. The molecule has 0 aliphatic carbocycles. The smallest absolute Gasteiger partial charge is 0.328 e. The summed E-state index contributed by atoms with van der Waals surface area (Å²) in [4.78, 5) is 22.9. The first-order valence-electron chi connectivity index (χ1n) is 8.72. The first-order chi connectivity index (χ1) is 11.3. The van der Waals surface area contributed by atoms with E-state index in [1.165, 1.54) is 12.8 Å². The molecule has 0 aromatic heterocycles. The predicted molar refractivity (Wildman–Crippen MR) is 97.3 cm³/mol. The lowest BCUT2D eigenvalue weighted by Crippen LogP contribution is -2.39. The number of anilines is 1. The van der Waals surface area contributed by atoms with Crippen LogP contribution in [0.2, 0.25) is 0 Å². The third-order valence-corrected chi connectivity index (χ3v) is 3.91. The van der Waals surface area contributed by atoms with Crippen molar-refractivity contribution in [2.24, 2.45) is 0 Å². The molecule has 0 heterocycles. The van der Waals surface area contributed by atoms with Crippen LogP contribution in [0.5, 0.6) is 0 Å². The highest BCUT2D eigenvalue weighted by Crippen LogP contribution is 2.17. The molecule has 5 nitrogen and oxygen atoms in total. The van der Waals surface area contributed by atoms with Crippen molar-refractivity contribution >= 4 is 17.6 Å². The highest BCUT2D eigenvalue weighted by Gasteiger charge is 2.26. The molecule has 0 bridgehead atoms. The Bertz CT molecular complexity index is 541. The van der Waals surface area contributed by atoms with Crippen molar-refractivity contribution in [3.8, 4) is 0 Å². The molecular weight excluding hydrogens is 304 g/mol. The molecule has 5 heteroatoms. The fourth-order valence-corrected chi connectivity index (χ4v) is 2.37. The molecule has 1 aromatic rings. The lowest BCUT2D eigenvalue weighted by atomic mass is 10.0. The van der Waals surface area contributed by atoms with Crippen molar-refractivity contribution < 1.29 is 14.7 Å². The summed E-state index contributed by atoms with van der Waals surface area (Å²) >= 11 is 0. The zero-order valence-corrected chi connectivity index (χ0v) is 15.0. The first kappa shape index (κ1) is 20.0.